The van der Waals surface area contributed by atoms with Crippen molar-refractivity contribution in [2.75, 3.05) is 12.3 Å². The van der Waals surface area contributed by atoms with Crippen LogP contribution in [-0.2, 0) is 21.9 Å². The fraction of sp³-hybridized carbons (Fsp3) is 0.417. The second kappa shape index (κ2) is 12.8. The van der Waals surface area contributed by atoms with Gasteiger partial charge in [0.25, 0.3) is 0 Å². The van der Waals surface area contributed by atoms with E-state index in [4.69, 9.17) is 0 Å². The van der Waals surface area contributed by atoms with Crippen LogP contribution >= 0.6 is 27.7 Å². The van der Waals surface area contributed by atoms with E-state index < -0.39 is 6.04 Å². The molecule has 0 aliphatic carbocycles. The van der Waals surface area contributed by atoms with E-state index in [0.29, 0.717) is 18.8 Å². The van der Waals surface area contributed by atoms with E-state index in [9.17, 15) is 9.59 Å². The number of thioether (sulfide) groups is 1. The molecular weight excluding hydrogens is 460 g/mol. The molecule has 2 aromatic carbocycles. The summed E-state index contributed by atoms with van der Waals surface area (Å²) < 4.78 is 1.04. The Balaban J connectivity index is 2.03. The molecule has 0 heterocycles. The molecule has 30 heavy (non-hydrogen) atoms. The van der Waals surface area contributed by atoms with Gasteiger partial charge in [0.2, 0.25) is 11.8 Å². The molecule has 0 aromatic heterocycles. The molecule has 6 heteroatoms. The molecule has 1 atom stereocenters. The second-order valence-corrected chi connectivity index (χ2v) is 9.35. The summed E-state index contributed by atoms with van der Waals surface area (Å²) >= 11 is 5.01. The van der Waals surface area contributed by atoms with Gasteiger partial charge in [-0.1, -0.05) is 71.2 Å². The Morgan fingerprint density at radius 2 is 1.87 bits per heavy atom. The standard InChI is InChI=1S/C24H31BrN2O2S/c1-4-5-13-26-24(29)19(3)27(15-21-8-6-7-18(2)14-21)23(28)17-30-16-20-9-11-22(25)12-10-20/h6-12,14,19H,4-5,13,15-17H2,1-3H3,(H,26,29)/t19-/m1/s1. The summed E-state index contributed by atoms with van der Waals surface area (Å²) in [5, 5.41) is 2.96. The Kier molecular flexibility index (Phi) is 10.4. The smallest absolute Gasteiger partial charge is 0.242 e. The fourth-order valence-electron chi connectivity index (χ4n) is 3.05. The third-order valence-corrected chi connectivity index (χ3v) is 6.36. The number of benzene rings is 2. The number of unbranched alkanes of at least 4 members (excludes halogenated alkanes) is 1. The molecule has 0 unspecified atom stereocenters. The van der Waals surface area contributed by atoms with Crippen molar-refractivity contribution in [3.05, 3.63) is 69.7 Å². The summed E-state index contributed by atoms with van der Waals surface area (Å²) in [7, 11) is 0. The SMILES string of the molecule is CCCCNC(=O)[C@@H](C)N(Cc1cccc(C)c1)C(=O)CSCc1ccc(Br)cc1. The molecule has 0 saturated heterocycles. The molecule has 1 N–H and O–H groups in total. The topological polar surface area (TPSA) is 49.4 Å². The van der Waals surface area contributed by atoms with Gasteiger partial charge < -0.3 is 10.2 Å². The zero-order chi connectivity index (χ0) is 21.9. The van der Waals surface area contributed by atoms with E-state index in [1.165, 1.54) is 5.56 Å². The normalized spacial score (nSPS) is 11.7. The van der Waals surface area contributed by atoms with Crippen LogP contribution in [0.2, 0.25) is 0 Å². The molecule has 2 rings (SSSR count). The molecule has 162 valence electrons. The number of carbonyl (C=O) groups excluding carboxylic acids is 2. The predicted molar refractivity (Wildman–Crippen MR) is 129 cm³/mol. The molecule has 0 aliphatic rings. The lowest BCUT2D eigenvalue weighted by atomic mass is 10.1. The Morgan fingerprint density at radius 1 is 1.13 bits per heavy atom. The minimum Gasteiger partial charge on any atom is -0.354 e. The predicted octanol–water partition coefficient (Wildman–Crippen LogP) is 5.32. The number of carbonyl (C=O) groups is 2. The molecule has 0 aliphatic heterocycles. The van der Waals surface area contributed by atoms with Gasteiger partial charge in [-0.05, 0) is 43.5 Å². The van der Waals surface area contributed by atoms with Crippen molar-refractivity contribution in [3.63, 3.8) is 0 Å². The summed E-state index contributed by atoms with van der Waals surface area (Å²) in [6.45, 7) is 7.01. The molecule has 2 aromatic rings. The van der Waals surface area contributed by atoms with Crippen LogP contribution < -0.4 is 5.32 Å². The van der Waals surface area contributed by atoms with Gasteiger partial charge in [0.15, 0.2) is 0 Å². The number of hydrogen-bond acceptors (Lipinski definition) is 3. The van der Waals surface area contributed by atoms with Crippen molar-refractivity contribution in [2.24, 2.45) is 0 Å². The zero-order valence-corrected chi connectivity index (χ0v) is 20.4. The van der Waals surface area contributed by atoms with Crippen LogP contribution in [0.25, 0.3) is 0 Å². The van der Waals surface area contributed by atoms with Crippen LogP contribution in [0.1, 0.15) is 43.4 Å². The quantitative estimate of drug-likeness (QED) is 0.433. The third-order valence-electron chi connectivity index (χ3n) is 4.84. The van der Waals surface area contributed by atoms with Gasteiger partial charge in [-0.25, -0.2) is 0 Å². The Labute approximate surface area is 192 Å². The van der Waals surface area contributed by atoms with Crippen molar-refractivity contribution in [1.82, 2.24) is 10.2 Å². The Hall–Kier alpha value is -1.79. The first-order chi connectivity index (χ1) is 14.4. The van der Waals surface area contributed by atoms with E-state index in [0.717, 1.165) is 34.2 Å². The summed E-state index contributed by atoms with van der Waals surface area (Å²) in [6.07, 6.45) is 1.96. The average Bonchev–Trinajstić information content (AvgIpc) is 2.73. The molecule has 0 bridgehead atoms. The maximum absolute atomic E-state index is 13.1. The highest BCUT2D eigenvalue weighted by Crippen LogP contribution is 2.18. The fourth-order valence-corrected chi connectivity index (χ4v) is 4.18. The zero-order valence-electron chi connectivity index (χ0n) is 18.0. The first-order valence-corrected chi connectivity index (χ1v) is 12.3. The van der Waals surface area contributed by atoms with E-state index in [-0.39, 0.29) is 11.8 Å². The summed E-state index contributed by atoms with van der Waals surface area (Å²) in [6, 6.07) is 15.7. The summed E-state index contributed by atoms with van der Waals surface area (Å²) in [5.74, 6) is 0.988. The maximum atomic E-state index is 13.1. The number of hydrogen-bond donors (Lipinski definition) is 1. The number of halogens is 1. The van der Waals surface area contributed by atoms with Crippen molar-refractivity contribution in [3.8, 4) is 0 Å². The highest BCUT2D eigenvalue weighted by molar-refractivity contribution is 9.10. The van der Waals surface area contributed by atoms with Crippen molar-refractivity contribution >= 4 is 39.5 Å². The van der Waals surface area contributed by atoms with Gasteiger partial charge in [-0.2, -0.15) is 0 Å². The third kappa shape index (κ3) is 8.15. The van der Waals surface area contributed by atoms with Crippen LogP contribution in [0.3, 0.4) is 0 Å². The van der Waals surface area contributed by atoms with Gasteiger partial charge in [0.05, 0.1) is 5.75 Å². The van der Waals surface area contributed by atoms with Gasteiger partial charge in [0.1, 0.15) is 6.04 Å². The minimum atomic E-state index is -0.511. The van der Waals surface area contributed by atoms with Gasteiger partial charge in [-0.3, -0.25) is 9.59 Å². The van der Waals surface area contributed by atoms with Crippen molar-refractivity contribution < 1.29 is 9.59 Å². The van der Waals surface area contributed by atoms with Crippen LogP contribution in [-0.4, -0.2) is 35.1 Å². The van der Waals surface area contributed by atoms with E-state index in [1.54, 1.807) is 16.7 Å². The van der Waals surface area contributed by atoms with Crippen LogP contribution in [0.5, 0.6) is 0 Å². The van der Waals surface area contributed by atoms with Gasteiger partial charge in [0, 0.05) is 23.3 Å². The molecule has 0 fully saturated rings. The monoisotopic (exact) mass is 490 g/mol. The van der Waals surface area contributed by atoms with Crippen LogP contribution in [0.4, 0.5) is 0 Å². The summed E-state index contributed by atoms with van der Waals surface area (Å²) in [4.78, 5) is 27.4. The minimum absolute atomic E-state index is 0.0169. The van der Waals surface area contributed by atoms with E-state index >= 15 is 0 Å². The lowest BCUT2D eigenvalue weighted by Crippen LogP contribution is -2.48. The average molecular weight is 491 g/mol. The lowest BCUT2D eigenvalue weighted by Gasteiger charge is -2.29. The Bertz CT molecular complexity index is 826. The molecule has 2 amide bonds. The lowest BCUT2D eigenvalue weighted by molar-refractivity contribution is -0.138. The number of amides is 2. The van der Waals surface area contributed by atoms with Crippen LogP contribution in [0.15, 0.2) is 53.0 Å². The molecular formula is C24H31BrN2O2S. The first-order valence-electron chi connectivity index (χ1n) is 10.4. The number of rotatable bonds is 11. The first kappa shape index (κ1) is 24.5. The molecule has 4 nitrogen and oxygen atoms in total. The van der Waals surface area contributed by atoms with Gasteiger partial charge in [-0.15, -0.1) is 11.8 Å². The van der Waals surface area contributed by atoms with Gasteiger partial charge >= 0.3 is 0 Å². The highest BCUT2D eigenvalue weighted by Gasteiger charge is 2.25. The van der Waals surface area contributed by atoms with E-state index in [2.05, 4.69) is 46.4 Å². The second-order valence-electron chi connectivity index (χ2n) is 7.45. The van der Waals surface area contributed by atoms with Crippen LogP contribution in [0, 0.1) is 6.92 Å². The highest BCUT2D eigenvalue weighted by atomic mass is 79.9. The van der Waals surface area contributed by atoms with E-state index in [1.807, 2.05) is 44.2 Å². The maximum Gasteiger partial charge on any atom is 0.242 e. The van der Waals surface area contributed by atoms with Crippen molar-refractivity contribution in [2.45, 2.75) is 52.0 Å². The molecule has 0 spiro atoms. The number of aryl methyl sites for hydroxylation is 1. The molecule has 0 saturated carbocycles. The molecule has 0 radical (unpaired) electrons. The largest absolute Gasteiger partial charge is 0.354 e. The van der Waals surface area contributed by atoms with Crippen molar-refractivity contribution in [1.29, 1.82) is 0 Å². The summed E-state index contributed by atoms with van der Waals surface area (Å²) in [5.41, 5.74) is 3.35. The number of nitrogens with one attached hydrogen (secondary N) is 1. The number of nitrogens with zero attached hydrogens (tertiary/aromatic N) is 1. The Morgan fingerprint density at radius 3 is 2.53 bits per heavy atom.